The van der Waals surface area contributed by atoms with Crippen molar-refractivity contribution in [3.8, 4) is 0 Å². The summed E-state index contributed by atoms with van der Waals surface area (Å²) in [5.41, 5.74) is 4.68. The molecule has 0 aliphatic carbocycles. The molecule has 0 saturated carbocycles. The number of benzene rings is 1. The predicted octanol–water partition coefficient (Wildman–Crippen LogP) is 2.45. The van der Waals surface area contributed by atoms with Crippen molar-refractivity contribution in [2.45, 2.75) is 32.7 Å². The second kappa shape index (κ2) is 6.51. The van der Waals surface area contributed by atoms with E-state index >= 15 is 0 Å². The number of nitrogens with two attached hydrogens (primary N) is 1. The lowest BCUT2D eigenvalue weighted by molar-refractivity contribution is -0.126. The topological polar surface area (TPSA) is 72.2 Å². The zero-order chi connectivity index (χ0) is 15.5. The molecule has 0 unspecified atom stereocenters. The first kappa shape index (κ1) is 16.9. The minimum atomic E-state index is -1.10. The van der Waals surface area contributed by atoms with Crippen LogP contribution in [-0.2, 0) is 4.79 Å². The molecule has 0 aliphatic rings. The molecule has 1 aromatic rings. The first-order valence-electron chi connectivity index (χ1n) is 6.32. The van der Waals surface area contributed by atoms with Crippen molar-refractivity contribution in [2.24, 2.45) is 11.7 Å². The van der Waals surface area contributed by atoms with Crippen LogP contribution in [0.3, 0.4) is 0 Å². The van der Waals surface area contributed by atoms with E-state index in [-0.39, 0.29) is 5.92 Å². The molecule has 1 atom stereocenters. The van der Waals surface area contributed by atoms with Gasteiger partial charge in [0.25, 0.3) is 5.91 Å². The van der Waals surface area contributed by atoms with Crippen molar-refractivity contribution in [1.82, 2.24) is 5.32 Å². The van der Waals surface area contributed by atoms with Gasteiger partial charge in [-0.3, -0.25) is 9.59 Å². The SMILES string of the molecule is CC[C@@](NC(=O)c1ccc(F)cc1I)(C(N)=O)C(C)C. The molecular formula is C14H18FIN2O2. The zero-order valence-corrected chi connectivity index (χ0v) is 13.8. The number of carbonyl (C=O) groups is 2. The highest BCUT2D eigenvalue weighted by atomic mass is 127. The van der Waals surface area contributed by atoms with Gasteiger partial charge in [0.05, 0.1) is 5.56 Å². The maximum Gasteiger partial charge on any atom is 0.253 e. The molecule has 0 spiro atoms. The Morgan fingerprint density at radius 3 is 2.45 bits per heavy atom. The largest absolute Gasteiger partial charge is 0.368 e. The van der Waals surface area contributed by atoms with E-state index in [1.807, 2.05) is 36.4 Å². The van der Waals surface area contributed by atoms with Gasteiger partial charge in [0, 0.05) is 3.57 Å². The van der Waals surface area contributed by atoms with Crippen LogP contribution < -0.4 is 11.1 Å². The second-order valence-corrected chi connectivity index (χ2v) is 6.08. The summed E-state index contributed by atoms with van der Waals surface area (Å²) >= 11 is 1.88. The molecule has 0 aromatic heterocycles. The Balaban J connectivity index is 3.12. The van der Waals surface area contributed by atoms with Crippen LogP contribution >= 0.6 is 22.6 Å². The van der Waals surface area contributed by atoms with Gasteiger partial charge in [-0.2, -0.15) is 0 Å². The molecule has 0 saturated heterocycles. The average molecular weight is 392 g/mol. The van der Waals surface area contributed by atoms with Crippen molar-refractivity contribution < 1.29 is 14.0 Å². The number of hydrogen-bond donors (Lipinski definition) is 2. The molecule has 4 nitrogen and oxygen atoms in total. The van der Waals surface area contributed by atoms with Crippen LogP contribution in [0.2, 0.25) is 0 Å². The fourth-order valence-corrected chi connectivity index (χ4v) is 2.83. The first-order chi connectivity index (χ1) is 9.24. The van der Waals surface area contributed by atoms with E-state index in [1.165, 1.54) is 18.2 Å². The highest BCUT2D eigenvalue weighted by molar-refractivity contribution is 14.1. The summed E-state index contributed by atoms with van der Waals surface area (Å²) in [6.45, 7) is 5.44. The maximum atomic E-state index is 13.1. The van der Waals surface area contributed by atoms with Gasteiger partial charge in [0.1, 0.15) is 11.4 Å². The lowest BCUT2D eigenvalue weighted by atomic mass is 9.83. The molecule has 0 fully saturated rings. The number of rotatable bonds is 5. The molecule has 2 amide bonds. The van der Waals surface area contributed by atoms with Gasteiger partial charge in [-0.05, 0) is 53.1 Å². The van der Waals surface area contributed by atoms with Gasteiger partial charge in [-0.25, -0.2) is 4.39 Å². The highest BCUT2D eigenvalue weighted by Gasteiger charge is 2.40. The van der Waals surface area contributed by atoms with E-state index in [0.29, 0.717) is 15.6 Å². The fraction of sp³-hybridized carbons (Fsp3) is 0.429. The Hall–Kier alpha value is -1.18. The Morgan fingerprint density at radius 1 is 1.45 bits per heavy atom. The van der Waals surface area contributed by atoms with E-state index < -0.39 is 23.2 Å². The normalized spacial score (nSPS) is 13.9. The molecule has 110 valence electrons. The predicted molar refractivity (Wildman–Crippen MR) is 83.6 cm³/mol. The van der Waals surface area contributed by atoms with Crippen molar-refractivity contribution >= 4 is 34.4 Å². The van der Waals surface area contributed by atoms with E-state index in [1.54, 1.807) is 6.92 Å². The van der Waals surface area contributed by atoms with Gasteiger partial charge >= 0.3 is 0 Å². The molecule has 6 heteroatoms. The van der Waals surface area contributed by atoms with Crippen molar-refractivity contribution in [3.63, 3.8) is 0 Å². The minimum Gasteiger partial charge on any atom is -0.368 e. The van der Waals surface area contributed by atoms with Crippen molar-refractivity contribution in [1.29, 1.82) is 0 Å². The molecule has 1 rings (SSSR count). The Labute approximate surface area is 131 Å². The van der Waals surface area contributed by atoms with Gasteiger partial charge < -0.3 is 11.1 Å². The van der Waals surface area contributed by atoms with Crippen LogP contribution in [0, 0.1) is 15.3 Å². The molecule has 1 aromatic carbocycles. The maximum absolute atomic E-state index is 13.1. The molecule has 0 aliphatic heterocycles. The molecule has 3 N–H and O–H groups in total. The third-order valence-corrected chi connectivity index (χ3v) is 4.39. The van der Waals surface area contributed by atoms with Crippen molar-refractivity contribution in [3.05, 3.63) is 33.1 Å². The van der Waals surface area contributed by atoms with Crippen molar-refractivity contribution in [2.75, 3.05) is 0 Å². The van der Waals surface area contributed by atoms with Gasteiger partial charge in [0.2, 0.25) is 5.91 Å². The number of halogens is 2. The van der Waals surface area contributed by atoms with E-state index in [0.717, 1.165) is 0 Å². The van der Waals surface area contributed by atoms with Crippen LogP contribution in [0.4, 0.5) is 4.39 Å². The number of primary amides is 1. The van der Waals surface area contributed by atoms with Crippen LogP contribution in [-0.4, -0.2) is 17.4 Å². The van der Waals surface area contributed by atoms with Crippen LogP contribution in [0.1, 0.15) is 37.6 Å². The van der Waals surface area contributed by atoms with E-state index in [9.17, 15) is 14.0 Å². The Morgan fingerprint density at radius 2 is 2.05 bits per heavy atom. The summed E-state index contributed by atoms with van der Waals surface area (Å²) < 4.78 is 13.5. The third-order valence-electron chi connectivity index (χ3n) is 3.50. The number of amides is 2. The Kier molecular flexibility index (Phi) is 5.50. The smallest absolute Gasteiger partial charge is 0.253 e. The molecule has 0 heterocycles. The molecule has 0 radical (unpaired) electrons. The van der Waals surface area contributed by atoms with Gasteiger partial charge in [0.15, 0.2) is 0 Å². The first-order valence-corrected chi connectivity index (χ1v) is 7.40. The van der Waals surface area contributed by atoms with Crippen LogP contribution in [0.25, 0.3) is 0 Å². The number of carbonyl (C=O) groups excluding carboxylic acids is 2. The van der Waals surface area contributed by atoms with Crippen LogP contribution in [0.5, 0.6) is 0 Å². The highest BCUT2D eigenvalue weighted by Crippen LogP contribution is 2.23. The summed E-state index contributed by atoms with van der Waals surface area (Å²) in [6.07, 6.45) is 0.392. The molecular weight excluding hydrogens is 374 g/mol. The monoisotopic (exact) mass is 392 g/mol. The summed E-state index contributed by atoms with van der Waals surface area (Å²) in [5.74, 6) is -1.55. The Bertz CT molecular complexity index is 534. The summed E-state index contributed by atoms with van der Waals surface area (Å²) in [5, 5.41) is 2.71. The number of hydrogen-bond acceptors (Lipinski definition) is 2. The average Bonchev–Trinajstić information content (AvgIpc) is 2.34. The lowest BCUT2D eigenvalue weighted by Crippen LogP contribution is -2.60. The quantitative estimate of drug-likeness (QED) is 0.756. The summed E-state index contributed by atoms with van der Waals surface area (Å²) in [4.78, 5) is 24.1. The summed E-state index contributed by atoms with van der Waals surface area (Å²) in [7, 11) is 0. The van der Waals surface area contributed by atoms with Gasteiger partial charge in [-0.1, -0.05) is 20.8 Å². The third kappa shape index (κ3) is 3.28. The molecule has 0 bridgehead atoms. The van der Waals surface area contributed by atoms with E-state index in [2.05, 4.69) is 5.32 Å². The lowest BCUT2D eigenvalue weighted by Gasteiger charge is -2.34. The zero-order valence-electron chi connectivity index (χ0n) is 11.7. The van der Waals surface area contributed by atoms with Crippen LogP contribution in [0.15, 0.2) is 18.2 Å². The molecule has 20 heavy (non-hydrogen) atoms. The fourth-order valence-electron chi connectivity index (χ4n) is 2.10. The second-order valence-electron chi connectivity index (χ2n) is 4.92. The van der Waals surface area contributed by atoms with Gasteiger partial charge in [-0.15, -0.1) is 0 Å². The standard InChI is InChI=1S/C14H18FIN2O2/c1-4-14(8(2)3,13(17)20)18-12(19)10-6-5-9(15)7-11(10)16/h5-8H,4H2,1-3H3,(H2,17,20)(H,18,19)/t14-/m0/s1. The number of nitrogens with one attached hydrogen (secondary N) is 1. The van der Waals surface area contributed by atoms with E-state index in [4.69, 9.17) is 5.73 Å². The summed E-state index contributed by atoms with van der Waals surface area (Å²) in [6, 6.07) is 3.88. The minimum absolute atomic E-state index is 0.146.